The lowest BCUT2D eigenvalue weighted by Gasteiger charge is -2.22. The molecule has 2 aromatic rings. The second-order valence-electron chi connectivity index (χ2n) is 5.85. The number of benzene rings is 1. The van der Waals surface area contributed by atoms with E-state index in [1.54, 1.807) is 16.9 Å². The van der Waals surface area contributed by atoms with Gasteiger partial charge in [-0.3, -0.25) is 4.79 Å². The van der Waals surface area contributed by atoms with Gasteiger partial charge in [-0.15, -0.1) is 5.10 Å². The summed E-state index contributed by atoms with van der Waals surface area (Å²) >= 11 is 0. The molecule has 24 heavy (non-hydrogen) atoms. The first-order chi connectivity index (χ1) is 11.8. The second-order valence-corrected chi connectivity index (χ2v) is 5.85. The zero-order chi connectivity index (χ0) is 16.4. The minimum Gasteiger partial charge on any atom is -0.486 e. The van der Waals surface area contributed by atoms with Gasteiger partial charge in [-0.05, 0) is 38.1 Å². The molecule has 8 nitrogen and oxygen atoms in total. The first-order valence-electron chi connectivity index (χ1n) is 8.14. The van der Waals surface area contributed by atoms with E-state index in [1.165, 1.54) is 0 Å². The van der Waals surface area contributed by atoms with Crippen LogP contribution in [-0.4, -0.2) is 47.2 Å². The highest BCUT2D eigenvalue weighted by atomic mass is 16.6. The van der Waals surface area contributed by atoms with Gasteiger partial charge in [-0.2, -0.15) is 0 Å². The molecular weight excluding hydrogens is 310 g/mol. The van der Waals surface area contributed by atoms with Gasteiger partial charge >= 0.3 is 0 Å². The number of para-hydroxylation sites is 1. The van der Waals surface area contributed by atoms with Gasteiger partial charge in [0.1, 0.15) is 13.2 Å². The first kappa shape index (κ1) is 14.9. The van der Waals surface area contributed by atoms with Crippen molar-refractivity contribution in [1.82, 2.24) is 20.3 Å². The fraction of sp³-hybridized carbons (Fsp3) is 0.438. The van der Waals surface area contributed by atoms with E-state index in [0.717, 1.165) is 25.9 Å². The highest BCUT2D eigenvalue weighted by Gasteiger charge is 2.21. The summed E-state index contributed by atoms with van der Waals surface area (Å²) < 4.78 is 12.9. The molecule has 8 heteroatoms. The van der Waals surface area contributed by atoms with Crippen LogP contribution in [0.15, 0.2) is 24.4 Å². The van der Waals surface area contributed by atoms with Crippen molar-refractivity contribution in [2.45, 2.75) is 18.9 Å². The van der Waals surface area contributed by atoms with Crippen molar-refractivity contribution in [2.75, 3.05) is 31.6 Å². The Morgan fingerprint density at radius 1 is 1.25 bits per heavy atom. The van der Waals surface area contributed by atoms with Crippen LogP contribution >= 0.6 is 0 Å². The minimum atomic E-state index is -0.308. The molecule has 0 radical (unpaired) electrons. The van der Waals surface area contributed by atoms with Gasteiger partial charge < -0.3 is 20.1 Å². The van der Waals surface area contributed by atoms with Gasteiger partial charge in [0.2, 0.25) is 0 Å². The number of hydrogen-bond acceptors (Lipinski definition) is 6. The van der Waals surface area contributed by atoms with Crippen LogP contribution in [0, 0.1) is 0 Å². The molecule has 126 valence electrons. The molecule has 0 aliphatic carbocycles. The molecule has 1 aromatic carbocycles. The van der Waals surface area contributed by atoms with Crippen LogP contribution in [0.4, 0.5) is 5.69 Å². The highest BCUT2D eigenvalue weighted by molar-refractivity contribution is 6.03. The Bertz CT molecular complexity index is 739. The van der Waals surface area contributed by atoms with Gasteiger partial charge in [-0.1, -0.05) is 11.3 Å². The molecular formula is C16H19N5O3. The topological polar surface area (TPSA) is 90.3 Å². The molecule has 1 saturated heterocycles. The predicted octanol–water partition coefficient (Wildman–Crippen LogP) is 1.23. The molecule has 3 heterocycles. The van der Waals surface area contributed by atoms with E-state index in [4.69, 9.17) is 9.47 Å². The Balaban J connectivity index is 1.50. The van der Waals surface area contributed by atoms with Gasteiger partial charge in [0.05, 0.1) is 17.9 Å². The molecule has 0 atom stereocenters. The van der Waals surface area contributed by atoms with Crippen molar-refractivity contribution in [1.29, 1.82) is 0 Å². The first-order valence-corrected chi connectivity index (χ1v) is 8.14. The third kappa shape index (κ3) is 2.92. The molecule has 0 unspecified atom stereocenters. The summed E-state index contributed by atoms with van der Waals surface area (Å²) in [6.07, 6.45) is 3.68. The third-order valence-electron chi connectivity index (χ3n) is 4.24. The zero-order valence-corrected chi connectivity index (χ0v) is 13.2. The molecule has 1 amide bonds. The largest absolute Gasteiger partial charge is 0.486 e. The van der Waals surface area contributed by atoms with Crippen LogP contribution in [0.25, 0.3) is 0 Å². The van der Waals surface area contributed by atoms with Gasteiger partial charge in [-0.25, -0.2) is 4.68 Å². The lowest BCUT2D eigenvalue weighted by Crippen LogP contribution is -2.29. The number of fused-ring (bicyclic) bond motifs is 1. The smallest absolute Gasteiger partial charge is 0.277 e. The highest BCUT2D eigenvalue weighted by Crippen LogP contribution is 2.37. The van der Waals surface area contributed by atoms with Gasteiger partial charge in [0.15, 0.2) is 17.2 Å². The Kier molecular flexibility index (Phi) is 4.04. The Morgan fingerprint density at radius 3 is 2.96 bits per heavy atom. The number of rotatable bonds is 3. The maximum atomic E-state index is 12.5. The third-order valence-corrected chi connectivity index (χ3v) is 4.24. The number of hydrogen-bond donors (Lipinski definition) is 2. The number of carbonyl (C=O) groups is 1. The number of nitrogens with one attached hydrogen (secondary N) is 2. The average molecular weight is 329 g/mol. The average Bonchev–Trinajstić information content (AvgIpc) is 3.13. The molecule has 0 bridgehead atoms. The molecule has 2 N–H and O–H groups in total. The molecule has 1 fully saturated rings. The summed E-state index contributed by atoms with van der Waals surface area (Å²) in [7, 11) is 0. The quantitative estimate of drug-likeness (QED) is 0.880. The van der Waals surface area contributed by atoms with Crippen LogP contribution in [0.3, 0.4) is 0 Å². The number of ether oxygens (including phenoxy) is 2. The fourth-order valence-corrected chi connectivity index (χ4v) is 2.99. The predicted molar refractivity (Wildman–Crippen MR) is 86.5 cm³/mol. The monoisotopic (exact) mass is 329 g/mol. The number of aromatic nitrogens is 3. The van der Waals surface area contributed by atoms with E-state index in [1.807, 2.05) is 12.1 Å². The van der Waals surface area contributed by atoms with E-state index in [2.05, 4.69) is 20.9 Å². The summed E-state index contributed by atoms with van der Waals surface area (Å²) in [5, 5.41) is 14.3. The lowest BCUT2D eigenvalue weighted by molar-refractivity contribution is 0.102. The van der Waals surface area contributed by atoms with Crippen LogP contribution in [0.2, 0.25) is 0 Å². The number of piperidine rings is 1. The molecule has 2 aliphatic rings. The Labute approximate surface area is 139 Å². The standard InChI is InChI=1S/C16H19N5O3/c22-16(13-10-21(20-19-13)11-4-6-17-7-5-11)18-12-2-1-3-14-15(12)24-9-8-23-14/h1-3,10-11,17H,4-9H2,(H,18,22). The second kappa shape index (κ2) is 6.48. The summed E-state index contributed by atoms with van der Waals surface area (Å²) in [5.41, 5.74) is 0.872. The normalized spacial score (nSPS) is 17.5. The molecule has 1 aromatic heterocycles. The van der Waals surface area contributed by atoms with E-state index in [9.17, 15) is 4.79 Å². The van der Waals surface area contributed by atoms with Crippen molar-refractivity contribution in [2.24, 2.45) is 0 Å². The number of amides is 1. The molecule has 4 rings (SSSR count). The van der Waals surface area contributed by atoms with Gasteiger partial charge in [0, 0.05) is 0 Å². The van der Waals surface area contributed by atoms with Crippen LogP contribution in [0.5, 0.6) is 11.5 Å². The summed E-state index contributed by atoms with van der Waals surface area (Å²) in [5.74, 6) is 0.887. The zero-order valence-electron chi connectivity index (χ0n) is 13.2. The molecule has 0 spiro atoms. The van der Waals surface area contributed by atoms with Crippen molar-refractivity contribution < 1.29 is 14.3 Å². The van der Waals surface area contributed by atoms with E-state index in [0.29, 0.717) is 42.1 Å². The van der Waals surface area contributed by atoms with Crippen LogP contribution in [-0.2, 0) is 0 Å². The maximum absolute atomic E-state index is 12.5. The number of carbonyl (C=O) groups excluding carboxylic acids is 1. The van der Waals surface area contributed by atoms with E-state index < -0.39 is 0 Å². The van der Waals surface area contributed by atoms with Gasteiger partial charge in [0.25, 0.3) is 5.91 Å². The minimum absolute atomic E-state index is 0.293. The summed E-state index contributed by atoms with van der Waals surface area (Å²) in [6.45, 7) is 2.89. The van der Waals surface area contributed by atoms with Crippen molar-refractivity contribution in [3.63, 3.8) is 0 Å². The Hall–Kier alpha value is -2.61. The Morgan fingerprint density at radius 2 is 2.08 bits per heavy atom. The summed E-state index contributed by atoms with van der Waals surface area (Å²) in [6, 6.07) is 5.70. The SMILES string of the molecule is O=C(Nc1cccc2c1OCCO2)c1cn(C2CCNCC2)nn1. The van der Waals surface area contributed by atoms with Crippen molar-refractivity contribution >= 4 is 11.6 Å². The number of anilines is 1. The molecule has 0 saturated carbocycles. The summed E-state index contributed by atoms with van der Waals surface area (Å²) in [4.78, 5) is 12.5. The van der Waals surface area contributed by atoms with Crippen molar-refractivity contribution in [3.05, 3.63) is 30.1 Å². The fourth-order valence-electron chi connectivity index (χ4n) is 2.99. The lowest BCUT2D eigenvalue weighted by atomic mass is 10.1. The van der Waals surface area contributed by atoms with E-state index >= 15 is 0 Å². The van der Waals surface area contributed by atoms with Crippen LogP contribution in [0.1, 0.15) is 29.4 Å². The molecule has 2 aliphatic heterocycles. The van der Waals surface area contributed by atoms with E-state index in [-0.39, 0.29) is 5.91 Å². The van der Waals surface area contributed by atoms with Crippen LogP contribution < -0.4 is 20.1 Å². The number of nitrogens with zero attached hydrogens (tertiary/aromatic N) is 3. The maximum Gasteiger partial charge on any atom is 0.277 e. The van der Waals surface area contributed by atoms with Crippen molar-refractivity contribution in [3.8, 4) is 11.5 Å².